The zero-order valence-corrected chi connectivity index (χ0v) is 15.5. The number of morpholine rings is 1. The molecule has 0 amide bonds. The Kier molecular flexibility index (Phi) is 4.83. The molecule has 4 rings (SSSR count). The number of fused-ring (bicyclic) bond motifs is 1. The topological polar surface area (TPSA) is 54.0 Å². The van der Waals surface area contributed by atoms with E-state index in [-0.39, 0.29) is 0 Å². The van der Waals surface area contributed by atoms with Gasteiger partial charge >= 0.3 is 0 Å². The number of H-pyrrole nitrogens is 1. The van der Waals surface area contributed by atoms with Gasteiger partial charge in [-0.05, 0) is 24.0 Å². The largest absolute Gasteiger partial charge is 0.378 e. The number of benzene rings is 1. The highest BCUT2D eigenvalue weighted by molar-refractivity contribution is 7.99. The molecule has 1 saturated heterocycles. The zero-order valence-electron chi connectivity index (χ0n) is 14.0. The lowest BCUT2D eigenvalue weighted by atomic mass is 10.1. The molecule has 0 aliphatic carbocycles. The summed E-state index contributed by atoms with van der Waals surface area (Å²) in [7, 11) is 0. The number of ether oxygens (including phenoxy) is 1. The number of halogens is 1. The molecule has 0 unspecified atom stereocenters. The van der Waals surface area contributed by atoms with Crippen LogP contribution in [0.4, 0.5) is 5.69 Å². The summed E-state index contributed by atoms with van der Waals surface area (Å²) in [5.41, 5.74) is 4.53. The van der Waals surface area contributed by atoms with Crippen LogP contribution in [0.5, 0.6) is 0 Å². The van der Waals surface area contributed by atoms with Crippen molar-refractivity contribution in [1.29, 1.82) is 0 Å². The highest BCUT2D eigenvalue weighted by Gasteiger charge is 2.14. The molecular weight excluding hydrogens is 356 g/mol. The molecule has 0 atom stereocenters. The fourth-order valence-electron chi connectivity index (χ4n) is 2.95. The van der Waals surface area contributed by atoms with Gasteiger partial charge in [-0.1, -0.05) is 42.4 Å². The number of aromatic amines is 1. The third-order valence-corrected chi connectivity index (χ3v) is 5.25. The summed E-state index contributed by atoms with van der Waals surface area (Å²) in [5.74, 6) is 0.962. The quantitative estimate of drug-likeness (QED) is 0.692. The molecule has 5 nitrogen and oxygen atoms in total. The minimum absolute atomic E-state index is 0.628. The van der Waals surface area contributed by atoms with E-state index in [1.54, 1.807) is 11.8 Å². The van der Waals surface area contributed by atoms with Crippen molar-refractivity contribution in [2.45, 2.75) is 12.1 Å². The number of pyridine rings is 1. The first-order valence-electron chi connectivity index (χ1n) is 8.37. The molecule has 3 aromatic rings. The van der Waals surface area contributed by atoms with Gasteiger partial charge in [-0.3, -0.25) is 0 Å². The fraction of sp³-hybridized carbons (Fsp3) is 0.333. The zero-order chi connectivity index (χ0) is 17.2. The Morgan fingerprint density at radius 1 is 1.20 bits per heavy atom. The number of nitrogens with zero attached hydrogens (tertiary/aromatic N) is 3. The number of hydrogen-bond acceptors (Lipinski definition) is 5. The molecule has 130 valence electrons. The van der Waals surface area contributed by atoms with Crippen molar-refractivity contribution in [1.82, 2.24) is 15.0 Å². The van der Waals surface area contributed by atoms with Gasteiger partial charge in [-0.2, -0.15) is 0 Å². The highest BCUT2D eigenvalue weighted by Crippen LogP contribution is 2.31. The lowest BCUT2D eigenvalue weighted by Gasteiger charge is -2.28. The molecule has 3 heterocycles. The monoisotopic (exact) mass is 374 g/mol. The first-order valence-corrected chi connectivity index (χ1v) is 9.73. The first-order chi connectivity index (χ1) is 12.2. The minimum Gasteiger partial charge on any atom is -0.378 e. The lowest BCUT2D eigenvalue weighted by molar-refractivity contribution is 0.122. The van der Waals surface area contributed by atoms with Gasteiger partial charge in [0.1, 0.15) is 0 Å². The van der Waals surface area contributed by atoms with E-state index in [1.807, 2.05) is 6.07 Å². The number of thioether (sulfide) groups is 1. The second-order valence-corrected chi connectivity index (χ2v) is 7.47. The molecule has 1 aliphatic heterocycles. The average Bonchev–Trinajstić information content (AvgIpc) is 3.03. The van der Waals surface area contributed by atoms with Crippen LogP contribution in [0, 0.1) is 0 Å². The molecule has 1 fully saturated rings. The molecule has 25 heavy (non-hydrogen) atoms. The van der Waals surface area contributed by atoms with E-state index < -0.39 is 0 Å². The molecule has 0 radical (unpaired) electrons. The van der Waals surface area contributed by atoms with Crippen LogP contribution in [0.25, 0.3) is 22.4 Å². The normalized spacial score (nSPS) is 15.0. The van der Waals surface area contributed by atoms with Crippen molar-refractivity contribution in [2.75, 3.05) is 37.0 Å². The highest BCUT2D eigenvalue weighted by atomic mass is 35.5. The maximum atomic E-state index is 6.47. The maximum Gasteiger partial charge on any atom is 0.179 e. The van der Waals surface area contributed by atoms with E-state index in [1.165, 1.54) is 5.69 Å². The molecule has 1 aromatic carbocycles. The van der Waals surface area contributed by atoms with Crippen LogP contribution in [-0.4, -0.2) is 47.0 Å². The lowest BCUT2D eigenvalue weighted by Crippen LogP contribution is -2.36. The number of anilines is 1. The summed E-state index contributed by atoms with van der Waals surface area (Å²) in [4.78, 5) is 14.8. The predicted molar refractivity (Wildman–Crippen MR) is 104 cm³/mol. The molecule has 2 aromatic heterocycles. The van der Waals surface area contributed by atoms with E-state index in [0.717, 1.165) is 54.0 Å². The van der Waals surface area contributed by atoms with Gasteiger partial charge in [0.25, 0.3) is 0 Å². The standard InChI is InChI=1S/C18H19ClN4OS/c1-2-25-18-20-15-11-14(19)16(21-17(15)22-18)12-3-5-13(6-4-12)23-7-9-24-10-8-23/h3-6,11H,2,7-10H2,1H3,(H,20,21,22). The molecule has 7 heteroatoms. The summed E-state index contributed by atoms with van der Waals surface area (Å²) in [6.45, 7) is 5.51. The van der Waals surface area contributed by atoms with Gasteiger partial charge in [0.2, 0.25) is 0 Å². The van der Waals surface area contributed by atoms with E-state index in [2.05, 4.69) is 51.0 Å². The summed E-state index contributed by atoms with van der Waals surface area (Å²) < 4.78 is 5.41. The van der Waals surface area contributed by atoms with Crippen LogP contribution in [-0.2, 0) is 4.74 Å². The molecule has 0 bridgehead atoms. The van der Waals surface area contributed by atoms with E-state index in [0.29, 0.717) is 10.7 Å². The van der Waals surface area contributed by atoms with Crippen LogP contribution in [0.15, 0.2) is 35.5 Å². The SMILES string of the molecule is CCSc1nc2nc(-c3ccc(N4CCOCC4)cc3)c(Cl)cc2[nH]1. The van der Waals surface area contributed by atoms with Gasteiger partial charge < -0.3 is 14.6 Å². The van der Waals surface area contributed by atoms with Crippen LogP contribution in [0.2, 0.25) is 5.02 Å². The second kappa shape index (κ2) is 7.23. The number of nitrogens with one attached hydrogen (secondary N) is 1. The number of imidazole rings is 1. The summed E-state index contributed by atoms with van der Waals surface area (Å²) in [6, 6.07) is 10.3. The van der Waals surface area contributed by atoms with Crippen molar-refractivity contribution in [3.8, 4) is 11.3 Å². The number of aromatic nitrogens is 3. The van der Waals surface area contributed by atoms with Gasteiger partial charge in [-0.15, -0.1) is 0 Å². The van der Waals surface area contributed by atoms with E-state index >= 15 is 0 Å². The molecule has 0 spiro atoms. The summed E-state index contributed by atoms with van der Waals surface area (Å²) in [5, 5.41) is 1.50. The fourth-order valence-corrected chi connectivity index (χ4v) is 3.82. The predicted octanol–water partition coefficient (Wildman–Crippen LogP) is 4.23. The Balaban J connectivity index is 1.65. The Bertz CT molecular complexity index is 875. The molecule has 1 aliphatic rings. The van der Waals surface area contributed by atoms with Crippen LogP contribution >= 0.6 is 23.4 Å². The van der Waals surface area contributed by atoms with Crippen LogP contribution in [0.3, 0.4) is 0 Å². The maximum absolute atomic E-state index is 6.47. The van der Waals surface area contributed by atoms with E-state index in [4.69, 9.17) is 16.3 Å². The van der Waals surface area contributed by atoms with Gasteiger partial charge in [0.05, 0.1) is 29.4 Å². The van der Waals surface area contributed by atoms with E-state index in [9.17, 15) is 0 Å². The molecule has 0 saturated carbocycles. The van der Waals surface area contributed by atoms with Gasteiger partial charge in [0.15, 0.2) is 10.8 Å². The number of rotatable bonds is 4. The Hall–Kier alpha value is -1.76. The van der Waals surface area contributed by atoms with Gasteiger partial charge in [-0.25, -0.2) is 9.97 Å². The van der Waals surface area contributed by atoms with Crippen LogP contribution < -0.4 is 4.90 Å². The average molecular weight is 375 g/mol. The van der Waals surface area contributed by atoms with Gasteiger partial charge in [0, 0.05) is 24.3 Å². The Morgan fingerprint density at radius 2 is 1.96 bits per heavy atom. The number of hydrogen-bond donors (Lipinski definition) is 1. The molecule has 1 N–H and O–H groups in total. The minimum atomic E-state index is 0.628. The second-order valence-electron chi connectivity index (χ2n) is 5.81. The van der Waals surface area contributed by atoms with Crippen molar-refractivity contribution < 1.29 is 4.74 Å². The summed E-state index contributed by atoms with van der Waals surface area (Å²) in [6.07, 6.45) is 0. The van der Waals surface area contributed by atoms with Crippen LogP contribution in [0.1, 0.15) is 6.92 Å². The smallest absolute Gasteiger partial charge is 0.179 e. The summed E-state index contributed by atoms with van der Waals surface area (Å²) >= 11 is 8.13. The van der Waals surface area contributed by atoms with Crippen molar-refractivity contribution >= 4 is 40.2 Å². The third-order valence-electron chi connectivity index (χ3n) is 4.20. The van der Waals surface area contributed by atoms with Crippen molar-refractivity contribution in [3.05, 3.63) is 35.4 Å². The Labute approximate surface area is 155 Å². The Morgan fingerprint density at radius 3 is 2.68 bits per heavy atom. The third kappa shape index (κ3) is 3.47. The van der Waals surface area contributed by atoms with Crippen molar-refractivity contribution in [3.63, 3.8) is 0 Å². The first kappa shape index (κ1) is 16.7. The molecular formula is C18H19ClN4OS. The van der Waals surface area contributed by atoms with Crippen molar-refractivity contribution in [2.24, 2.45) is 0 Å².